The van der Waals surface area contributed by atoms with E-state index in [2.05, 4.69) is 9.89 Å². The summed E-state index contributed by atoms with van der Waals surface area (Å²) in [6, 6.07) is 10.3. The third-order valence-electron chi connectivity index (χ3n) is 5.16. The smallest absolute Gasteiger partial charge is 0.162 e. The summed E-state index contributed by atoms with van der Waals surface area (Å²) in [6.45, 7) is 3.18. The van der Waals surface area contributed by atoms with Crippen molar-refractivity contribution in [1.29, 1.82) is 0 Å². The number of benzene rings is 2. The van der Waals surface area contributed by atoms with Gasteiger partial charge in [-0.1, -0.05) is 6.07 Å². The van der Waals surface area contributed by atoms with Gasteiger partial charge in [0.1, 0.15) is 18.3 Å². The Morgan fingerprint density at radius 1 is 1.21 bits per heavy atom. The molecule has 2 aromatic rings. The van der Waals surface area contributed by atoms with Gasteiger partial charge in [0.25, 0.3) is 0 Å². The first kappa shape index (κ1) is 19.4. The first-order valence-corrected chi connectivity index (χ1v) is 9.76. The maximum absolute atomic E-state index is 13.7. The highest BCUT2D eigenvalue weighted by molar-refractivity contribution is 5.93. The Kier molecular flexibility index (Phi) is 5.76. The molecule has 0 amide bonds. The Bertz CT molecular complexity index is 932. The molecule has 2 aliphatic rings. The van der Waals surface area contributed by atoms with Crippen LogP contribution in [0.2, 0.25) is 0 Å². The van der Waals surface area contributed by atoms with Crippen LogP contribution in [-0.2, 0) is 4.79 Å². The van der Waals surface area contributed by atoms with Gasteiger partial charge in [-0.3, -0.25) is 14.7 Å². The number of carbonyl (C=O) groups is 1. The number of hydrogen-bond acceptors (Lipinski definition) is 6. The van der Waals surface area contributed by atoms with Crippen molar-refractivity contribution in [2.24, 2.45) is 4.99 Å². The van der Waals surface area contributed by atoms with Crippen LogP contribution in [0.4, 0.5) is 15.8 Å². The van der Waals surface area contributed by atoms with Gasteiger partial charge >= 0.3 is 0 Å². The lowest BCUT2D eigenvalue weighted by atomic mass is 10.1. The van der Waals surface area contributed by atoms with Crippen molar-refractivity contribution in [2.45, 2.75) is 12.8 Å². The van der Waals surface area contributed by atoms with E-state index in [1.54, 1.807) is 19.4 Å². The summed E-state index contributed by atoms with van der Waals surface area (Å²) in [5.74, 6) is 1.29. The lowest BCUT2D eigenvalue weighted by molar-refractivity contribution is -0.116. The van der Waals surface area contributed by atoms with Crippen molar-refractivity contribution in [1.82, 2.24) is 4.90 Å². The molecule has 1 saturated heterocycles. The first-order chi connectivity index (χ1) is 14.1. The molecule has 6 nitrogen and oxygen atoms in total. The van der Waals surface area contributed by atoms with Gasteiger partial charge < -0.3 is 14.4 Å². The predicted molar refractivity (Wildman–Crippen MR) is 110 cm³/mol. The monoisotopic (exact) mass is 397 g/mol. The number of nitrogens with zero attached hydrogens (tertiary/aromatic N) is 3. The maximum Gasteiger partial charge on any atom is 0.162 e. The number of ketones is 1. The minimum atomic E-state index is -0.287. The number of Topliss-reactive ketones (excluding diaryl/α,β-unsaturated/α-hetero) is 1. The van der Waals surface area contributed by atoms with Crippen LogP contribution in [0.5, 0.6) is 11.5 Å². The van der Waals surface area contributed by atoms with E-state index < -0.39 is 0 Å². The van der Waals surface area contributed by atoms with Gasteiger partial charge in [-0.15, -0.1) is 0 Å². The molecule has 0 aliphatic carbocycles. The van der Waals surface area contributed by atoms with Crippen LogP contribution in [0.15, 0.2) is 41.4 Å². The molecule has 1 fully saturated rings. The van der Waals surface area contributed by atoms with Gasteiger partial charge in [-0.05, 0) is 30.7 Å². The molecule has 152 valence electrons. The second kappa shape index (κ2) is 8.61. The Morgan fingerprint density at radius 2 is 2.10 bits per heavy atom. The summed E-state index contributed by atoms with van der Waals surface area (Å²) in [4.78, 5) is 19.8. The van der Waals surface area contributed by atoms with Crippen LogP contribution in [0, 0.1) is 5.82 Å². The second-order valence-corrected chi connectivity index (χ2v) is 7.19. The average Bonchev–Trinajstić information content (AvgIpc) is 3.15. The largest absolute Gasteiger partial charge is 0.493 e. The van der Waals surface area contributed by atoms with Crippen molar-refractivity contribution in [3.8, 4) is 11.5 Å². The van der Waals surface area contributed by atoms with Gasteiger partial charge in [0.15, 0.2) is 11.5 Å². The molecule has 0 N–H and O–H groups in total. The molecule has 0 unspecified atom stereocenters. The van der Waals surface area contributed by atoms with E-state index in [0.29, 0.717) is 43.5 Å². The molecule has 7 heteroatoms. The zero-order valence-corrected chi connectivity index (χ0v) is 16.4. The highest BCUT2D eigenvalue weighted by Crippen LogP contribution is 2.39. The molecule has 2 aliphatic heterocycles. The molecule has 2 aromatic carbocycles. The van der Waals surface area contributed by atoms with Crippen molar-refractivity contribution >= 4 is 23.4 Å². The van der Waals surface area contributed by atoms with Crippen LogP contribution < -0.4 is 14.4 Å². The van der Waals surface area contributed by atoms with Crippen molar-refractivity contribution in [2.75, 3.05) is 44.9 Å². The fourth-order valence-corrected chi connectivity index (χ4v) is 3.69. The van der Waals surface area contributed by atoms with Gasteiger partial charge in [-0.25, -0.2) is 4.39 Å². The van der Waals surface area contributed by atoms with E-state index in [1.165, 1.54) is 12.1 Å². The fraction of sp³-hybridized carbons (Fsp3) is 0.364. The standard InChI is InChI=1S/C22H24FN3O3/c1-28-21-12-20-16(13-24-15-26(20)18-5-2-4-17(23)11-18)10-22(21)29-9-3-7-25-8-6-19(27)14-25/h2,4-5,10-13H,3,6-9,14-15H2,1H3. The summed E-state index contributed by atoms with van der Waals surface area (Å²) < 4.78 is 25.2. The lowest BCUT2D eigenvalue weighted by Gasteiger charge is -2.28. The Labute approximate surface area is 169 Å². The third-order valence-corrected chi connectivity index (χ3v) is 5.16. The number of rotatable bonds is 7. The highest BCUT2D eigenvalue weighted by atomic mass is 19.1. The molecule has 0 radical (unpaired) electrons. The SMILES string of the molecule is COc1cc2c(cc1OCCCN1CCC(=O)C1)C=NCN2c1cccc(F)c1. The maximum atomic E-state index is 13.7. The molecule has 0 atom stereocenters. The lowest BCUT2D eigenvalue weighted by Crippen LogP contribution is -2.23. The van der Waals surface area contributed by atoms with Crippen LogP contribution in [-0.4, -0.2) is 56.9 Å². The van der Waals surface area contributed by atoms with Crippen molar-refractivity contribution in [3.63, 3.8) is 0 Å². The van der Waals surface area contributed by atoms with Crippen LogP contribution in [0.1, 0.15) is 18.4 Å². The number of carbonyl (C=O) groups excluding carboxylic acids is 1. The number of methoxy groups -OCH3 is 1. The summed E-state index contributed by atoms with van der Waals surface area (Å²) in [6.07, 6.45) is 3.28. The van der Waals surface area contributed by atoms with E-state index >= 15 is 0 Å². The molecule has 0 saturated carbocycles. The molecule has 29 heavy (non-hydrogen) atoms. The van der Waals surface area contributed by atoms with Gasteiger partial charge in [-0.2, -0.15) is 0 Å². The van der Waals surface area contributed by atoms with Crippen molar-refractivity contribution < 1.29 is 18.7 Å². The Hall–Kier alpha value is -2.93. The van der Waals surface area contributed by atoms with E-state index in [0.717, 1.165) is 36.4 Å². The number of aliphatic imine (C=N–C) groups is 1. The normalized spacial score (nSPS) is 16.2. The van der Waals surface area contributed by atoms with E-state index in [9.17, 15) is 9.18 Å². The Balaban J connectivity index is 1.47. The minimum absolute atomic E-state index is 0.287. The second-order valence-electron chi connectivity index (χ2n) is 7.19. The molecular formula is C22H24FN3O3. The highest BCUT2D eigenvalue weighted by Gasteiger charge is 2.21. The predicted octanol–water partition coefficient (Wildman–Crippen LogP) is 3.41. The summed E-state index contributed by atoms with van der Waals surface area (Å²) in [5.41, 5.74) is 2.52. The molecule has 4 rings (SSSR count). The number of halogens is 1. The quantitative estimate of drug-likeness (QED) is 0.671. The van der Waals surface area contributed by atoms with E-state index in [1.807, 2.05) is 23.1 Å². The van der Waals surface area contributed by atoms with E-state index in [4.69, 9.17) is 9.47 Å². The number of anilines is 2. The van der Waals surface area contributed by atoms with Gasteiger partial charge in [0, 0.05) is 43.0 Å². The minimum Gasteiger partial charge on any atom is -0.493 e. The van der Waals surface area contributed by atoms with Crippen LogP contribution in [0.3, 0.4) is 0 Å². The average molecular weight is 397 g/mol. The zero-order valence-electron chi connectivity index (χ0n) is 16.4. The number of fused-ring (bicyclic) bond motifs is 1. The molecule has 0 aromatic heterocycles. The summed E-state index contributed by atoms with van der Waals surface area (Å²) in [5, 5.41) is 0. The number of ether oxygens (including phenoxy) is 2. The summed E-state index contributed by atoms with van der Waals surface area (Å²) in [7, 11) is 1.61. The molecule has 2 heterocycles. The first-order valence-electron chi connectivity index (χ1n) is 9.76. The van der Waals surface area contributed by atoms with E-state index in [-0.39, 0.29) is 5.82 Å². The van der Waals surface area contributed by atoms with Gasteiger partial charge in [0.05, 0.1) is 25.9 Å². The molecule has 0 bridgehead atoms. The summed E-state index contributed by atoms with van der Waals surface area (Å²) >= 11 is 0. The third kappa shape index (κ3) is 4.40. The molecular weight excluding hydrogens is 373 g/mol. The molecule has 0 spiro atoms. The van der Waals surface area contributed by atoms with Crippen LogP contribution in [0.25, 0.3) is 0 Å². The zero-order chi connectivity index (χ0) is 20.2. The number of likely N-dealkylation sites (tertiary alicyclic amines) is 1. The van der Waals surface area contributed by atoms with Crippen molar-refractivity contribution in [3.05, 3.63) is 47.8 Å². The van der Waals surface area contributed by atoms with Crippen LogP contribution >= 0.6 is 0 Å². The van der Waals surface area contributed by atoms with Gasteiger partial charge in [0.2, 0.25) is 0 Å². The number of hydrogen-bond donors (Lipinski definition) is 0. The topological polar surface area (TPSA) is 54.4 Å². The Morgan fingerprint density at radius 3 is 2.86 bits per heavy atom. The fourth-order valence-electron chi connectivity index (χ4n) is 3.69.